The molecule has 3 aliphatic heterocycles. The van der Waals surface area contributed by atoms with Gasteiger partial charge in [0.25, 0.3) is 5.91 Å². The van der Waals surface area contributed by atoms with E-state index in [4.69, 9.17) is 4.42 Å². The van der Waals surface area contributed by atoms with Gasteiger partial charge in [0, 0.05) is 29.4 Å². The number of hydrogen-bond acceptors (Lipinski definition) is 5. The Labute approximate surface area is 168 Å². The molecule has 2 aromatic heterocycles. The summed E-state index contributed by atoms with van der Waals surface area (Å²) in [4.78, 5) is 16.4. The van der Waals surface area contributed by atoms with Gasteiger partial charge in [0.1, 0.15) is 5.76 Å². The lowest BCUT2D eigenvalue weighted by atomic mass is 9.79. The van der Waals surface area contributed by atoms with Gasteiger partial charge in [0.2, 0.25) is 0 Å². The summed E-state index contributed by atoms with van der Waals surface area (Å²) in [5.41, 5.74) is 2.04. The predicted octanol–water partition coefficient (Wildman–Crippen LogP) is 4.28. The van der Waals surface area contributed by atoms with Crippen molar-refractivity contribution in [2.24, 2.45) is 5.92 Å². The van der Waals surface area contributed by atoms with E-state index in [-0.39, 0.29) is 11.9 Å². The van der Waals surface area contributed by atoms with E-state index in [0.717, 1.165) is 29.1 Å². The molecular formula is C22H23N3O2S. The number of aromatic nitrogens is 1. The van der Waals surface area contributed by atoms with Crippen LogP contribution in [0.4, 0.5) is 0 Å². The Kier molecular flexibility index (Phi) is 4.53. The largest absolute Gasteiger partial charge is 0.451 e. The van der Waals surface area contributed by atoms with Gasteiger partial charge < -0.3 is 9.73 Å². The van der Waals surface area contributed by atoms with Crippen molar-refractivity contribution in [1.82, 2.24) is 14.6 Å². The van der Waals surface area contributed by atoms with E-state index in [1.807, 2.05) is 30.3 Å². The number of amides is 1. The molecule has 3 aromatic rings. The molecule has 3 saturated heterocycles. The van der Waals surface area contributed by atoms with Crippen LogP contribution in [-0.2, 0) is 0 Å². The second kappa shape index (κ2) is 7.18. The first-order valence-electron chi connectivity index (χ1n) is 9.86. The van der Waals surface area contributed by atoms with Crippen molar-refractivity contribution in [3.8, 4) is 21.8 Å². The first-order valence-corrected chi connectivity index (χ1v) is 10.6. The lowest BCUT2D eigenvalue weighted by Crippen LogP contribution is -2.62. The van der Waals surface area contributed by atoms with E-state index in [9.17, 15) is 4.79 Å². The standard InChI is InChI=1S/C22H23N3O2S/c1-14-21(15-9-12-25(14)13-10-15)24-22(26)19-7-6-18(27-19)16-4-2-3-5-17(16)20-8-11-23-28-20/h2-8,11,14-15,21H,9-10,12-13H2,1H3,(H,24,26)/t14-,21+/m1/s1. The van der Waals surface area contributed by atoms with Gasteiger partial charge >= 0.3 is 0 Å². The number of hydrogen-bond donors (Lipinski definition) is 1. The van der Waals surface area contributed by atoms with E-state index in [2.05, 4.69) is 27.6 Å². The SMILES string of the molecule is C[C@@H]1[C@H](NC(=O)c2ccc(-c3ccccc3-c3ccns3)o2)C2CCN1CC2. The van der Waals surface area contributed by atoms with Gasteiger partial charge in [-0.1, -0.05) is 24.3 Å². The highest BCUT2D eigenvalue weighted by Crippen LogP contribution is 2.35. The summed E-state index contributed by atoms with van der Waals surface area (Å²) in [7, 11) is 0. The van der Waals surface area contributed by atoms with Crippen LogP contribution in [-0.4, -0.2) is 40.4 Å². The molecule has 0 radical (unpaired) electrons. The molecule has 6 heteroatoms. The maximum atomic E-state index is 12.9. The fraction of sp³-hybridized carbons (Fsp3) is 0.364. The fourth-order valence-corrected chi connectivity index (χ4v) is 5.27. The molecule has 3 aliphatic rings. The second-order valence-corrected chi connectivity index (χ2v) is 8.53. The van der Waals surface area contributed by atoms with Gasteiger partial charge in [-0.05, 0) is 68.5 Å². The van der Waals surface area contributed by atoms with Crippen molar-refractivity contribution in [3.63, 3.8) is 0 Å². The minimum absolute atomic E-state index is 0.118. The first-order chi connectivity index (χ1) is 13.7. The van der Waals surface area contributed by atoms with Crippen molar-refractivity contribution >= 4 is 17.4 Å². The second-order valence-electron chi connectivity index (χ2n) is 7.70. The van der Waals surface area contributed by atoms with Crippen molar-refractivity contribution in [1.29, 1.82) is 0 Å². The Balaban J connectivity index is 1.38. The summed E-state index contributed by atoms with van der Waals surface area (Å²) in [6, 6.07) is 14.3. The summed E-state index contributed by atoms with van der Waals surface area (Å²) >= 11 is 1.45. The number of carbonyl (C=O) groups is 1. The van der Waals surface area contributed by atoms with Crippen molar-refractivity contribution in [2.45, 2.75) is 31.8 Å². The molecule has 1 aromatic carbocycles. The summed E-state index contributed by atoms with van der Waals surface area (Å²) < 4.78 is 10.2. The number of rotatable bonds is 4. The zero-order valence-corrected chi connectivity index (χ0v) is 16.6. The molecule has 0 saturated carbocycles. The molecule has 5 nitrogen and oxygen atoms in total. The highest BCUT2D eigenvalue weighted by molar-refractivity contribution is 7.09. The Bertz CT molecular complexity index is 971. The highest BCUT2D eigenvalue weighted by Gasteiger charge is 2.40. The molecule has 0 aliphatic carbocycles. The molecule has 1 N–H and O–H groups in total. The van der Waals surface area contributed by atoms with Crippen LogP contribution in [0.3, 0.4) is 0 Å². The number of piperidine rings is 3. The molecule has 2 atom stereocenters. The van der Waals surface area contributed by atoms with Crippen molar-refractivity contribution in [2.75, 3.05) is 13.1 Å². The van der Waals surface area contributed by atoms with Crippen LogP contribution in [0.1, 0.15) is 30.3 Å². The van der Waals surface area contributed by atoms with Crippen LogP contribution in [0.15, 0.2) is 53.1 Å². The summed E-state index contributed by atoms with van der Waals surface area (Å²) in [6.07, 6.45) is 4.13. The monoisotopic (exact) mass is 393 g/mol. The molecule has 28 heavy (non-hydrogen) atoms. The molecule has 5 heterocycles. The normalized spacial score (nSPS) is 26.3. The number of benzene rings is 1. The van der Waals surface area contributed by atoms with Crippen LogP contribution >= 0.6 is 11.5 Å². The van der Waals surface area contributed by atoms with Crippen molar-refractivity contribution in [3.05, 3.63) is 54.4 Å². The smallest absolute Gasteiger partial charge is 0.287 e. The Morgan fingerprint density at radius 3 is 2.64 bits per heavy atom. The van der Waals surface area contributed by atoms with Crippen LogP contribution in [0.25, 0.3) is 21.8 Å². The summed E-state index contributed by atoms with van der Waals surface area (Å²) in [5.74, 6) is 1.53. The van der Waals surface area contributed by atoms with Crippen LogP contribution in [0.5, 0.6) is 0 Å². The number of fused-ring (bicyclic) bond motifs is 3. The molecule has 0 spiro atoms. The number of nitrogens with one attached hydrogen (secondary N) is 1. The molecule has 3 fully saturated rings. The van der Waals surface area contributed by atoms with Gasteiger partial charge in [0.15, 0.2) is 5.76 Å². The number of carbonyl (C=O) groups excluding carboxylic acids is 1. The maximum Gasteiger partial charge on any atom is 0.287 e. The first kappa shape index (κ1) is 17.6. The third-order valence-corrected chi connectivity index (χ3v) is 6.98. The minimum Gasteiger partial charge on any atom is -0.451 e. The Morgan fingerprint density at radius 2 is 1.93 bits per heavy atom. The van der Waals surface area contributed by atoms with Gasteiger partial charge in [-0.2, -0.15) is 0 Å². The van der Waals surface area contributed by atoms with E-state index in [0.29, 0.717) is 23.5 Å². The fourth-order valence-electron chi connectivity index (χ4n) is 4.64. The summed E-state index contributed by atoms with van der Waals surface area (Å²) in [6.45, 7) is 4.52. The van der Waals surface area contributed by atoms with Gasteiger partial charge in [-0.15, -0.1) is 0 Å². The van der Waals surface area contributed by atoms with E-state index in [1.165, 1.54) is 24.4 Å². The van der Waals surface area contributed by atoms with E-state index >= 15 is 0 Å². The molecule has 144 valence electrons. The maximum absolute atomic E-state index is 12.9. The topological polar surface area (TPSA) is 58.4 Å². The average molecular weight is 394 g/mol. The lowest BCUT2D eigenvalue weighted by molar-refractivity contribution is 0.0211. The average Bonchev–Trinajstić information content (AvgIpc) is 3.43. The highest BCUT2D eigenvalue weighted by atomic mass is 32.1. The van der Waals surface area contributed by atoms with Crippen molar-refractivity contribution < 1.29 is 9.21 Å². The molecule has 1 amide bonds. The number of furan rings is 1. The van der Waals surface area contributed by atoms with Crippen LogP contribution < -0.4 is 5.32 Å². The molecule has 0 unspecified atom stereocenters. The van der Waals surface area contributed by atoms with Crippen LogP contribution in [0, 0.1) is 5.92 Å². The van der Waals surface area contributed by atoms with Gasteiger partial charge in [0.05, 0.1) is 4.88 Å². The quantitative estimate of drug-likeness (QED) is 0.719. The molecular weight excluding hydrogens is 370 g/mol. The van der Waals surface area contributed by atoms with Crippen LogP contribution in [0.2, 0.25) is 0 Å². The molecule has 2 bridgehead atoms. The molecule has 6 rings (SSSR count). The third-order valence-electron chi connectivity index (χ3n) is 6.20. The van der Waals surface area contributed by atoms with Gasteiger partial charge in [-0.25, -0.2) is 4.37 Å². The predicted molar refractivity (Wildman–Crippen MR) is 110 cm³/mol. The zero-order chi connectivity index (χ0) is 19.1. The Hall–Kier alpha value is -2.44. The zero-order valence-electron chi connectivity index (χ0n) is 15.8. The summed E-state index contributed by atoms with van der Waals surface area (Å²) in [5, 5.41) is 3.24. The number of nitrogens with zero attached hydrogens (tertiary/aromatic N) is 2. The minimum atomic E-state index is -0.118. The van der Waals surface area contributed by atoms with E-state index < -0.39 is 0 Å². The van der Waals surface area contributed by atoms with Gasteiger partial charge in [-0.3, -0.25) is 9.69 Å². The third kappa shape index (κ3) is 3.06. The lowest BCUT2D eigenvalue weighted by Gasteiger charge is -2.49. The van der Waals surface area contributed by atoms with E-state index in [1.54, 1.807) is 12.3 Å². The Morgan fingerprint density at radius 1 is 1.14 bits per heavy atom.